The van der Waals surface area contributed by atoms with E-state index in [0.29, 0.717) is 23.7 Å². The van der Waals surface area contributed by atoms with Crippen LogP contribution in [0.25, 0.3) is 5.57 Å². The lowest BCUT2D eigenvalue weighted by molar-refractivity contribution is 0.0273. The van der Waals surface area contributed by atoms with E-state index in [-0.39, 0.29) is 6.09 Å². The molecular weight excluding hydrogens is 330 g/mol. The zero-order valence-corrected chi connectivity index (χ0v) is 15.1. The van der Waals surface area contributed by atoms with Crippen molar-refractivity contribution in [2.75, 3.05) is 20.2 Å². The first kappa shape index (κ1) is 18.3. The van der Waals surface area contributed by atoms with E-state index in [9.17, 15) is 9.59 Å². The van der Waals surface area contributed by atoms with Crippen molar-refractivity contribution in [3.63, 3.8) is 0 Å². The average Bonchev–Trinajstić information content (AvgIpc) is 2.52. The molecule has 1 aliphatic heterocycles. The molecule has 0 spiro atoms. The van der Waals surface area contributed by atoms with Crippen molar-refractivity contribution in [3.05, 3.63) is 40.4 Å². The summed E-state index contributed by atoms with van der Waals surface area (Å²) in [6, 6.07) is 5.16. The van der Waals surface area contributed by atoms with Gasteiger partial charge in [-0.1, -0.05) is 23.7 Å². The van der Waals surface area contributed by atoms with Gasteiger partial charge in [0, 0.05) is 13.1 Å². The van der Waals surface area contributed by atoms with Crippen LogP contribution in [0.3, 0.4) is 0 Å². The van der Waals surface area contributed by atoms with Gasteiger partial charge in [0.05, 0.1) is 17.7 Å². The van der Waals surface area contributed by atoms with Gasteiger partial charge < -0.3 is 14.4 Å². The van der Waals surface area contributed by atoms with Crippen molar-refractivity contribution in [2.45, 2.75) is 32.8 Å². The maximum absolute atomic E-state index is 12.2. The van der Waals surface area contributed by atoms with Crippen molar-refractivity contribution in [1.82, 2.24) is 4.90 Å². The third-order valence-corrected chi connectivity index (χ3v) is 3.86. The van der Waals surface area contributed by atoms with Gasteiger partial charge in [0.25, 0.3) is 0 Å². The van der Waals surface area contributed by atoms with Gasteiger partial charge in [0.2, 0.25) is 0 Å². The van der Waals surface area contributed by atoms with E-state index in [1.54, 1.807) is 17.0 Å². The fourth-order valence-corrected chi connectivity index (χ4v) is 2.68. The Morgan fingerprint density at radius 1 is 1.25 bits per heavy atom. The van der Waals surface area contributed by atoms with Crippen molar-refractivity contribution >= 4 is 29.2 Å². The number of benzene rings is 1. The van der Waals surface area contributed by atoms with Crippen molar-refractivity contribution in [3.8, 4) is 0 Å². The molecule has 0 fully saturated rings. The Kier molecular flexibility index (Phi) is 5.54. The summed E-state index contributed by atoms with van der Waals surface area (Å²) in [5.74, 6) is -0.473. The van der Waals surface area contributed by atoms with Crippen LogP contribution >= 0.6 is 11.6 Å². The predicted octanol–water partition coefficient (Wildman–Crippen LogP) is 4.15. The van der Waals surface area contributed by atoms with Crippen LogP contribution in [-0.4, -0.2) is 42.8 Å². The largest absolute Gasteiger partial charge is 0.465 e. The van der Waals surface area contributed by atoms with Crippen LogP contribution in [-0.2, 0) is 9.47 Å². The molecule has 6 heteroatoms. The van der Waals surface area contributed by atoms with E-state index >= 15 is 0 Å². The molecule has 0 bridgehead atoms. The SMILES string of the molecule is COC(=O)c1ccc(C2=CCCN(C(=O)OC(C)(C)C)C2)cc1Cl. The second-order valence-corrected chi connectivity index (χ2v) is 7.01. The first-order chi connectivity index (χ1) is 11.2. The molecule has 1 aromatic rings. The minimum absolute atomic E-state index is 0.323. The topological polar surface area (TPSA) is 55.8 Å². The monoisotopic (exact) mass is 351 g/mol. The summed E-state index contributed by atoms with van der Waals surface area (Å²) in [5.41, 5.74) is 1.65. The smallest absolute Gasteiger partial charge is 0.410 e. The summed E-state index contributed by atoms with van der Waals surface area (Å²) >= 11 is 6.18. The number of halogens is 1. The van der Waals surface area contributed by atoms with Gasteiger partial charge in [-0.25, -0.2) is 9.59 Å². The molecule has 0 saturated heterocycles. The van der Waals surface area contributed by atoms with Gasteiger partial charge in [-0.05, 0) is 50.5 Å². The molecule has 0 atom stereocenters. The quantitative estimate of drug-likeness (QED) is 0.751. The Hall–Kier alpha value is -2.01. The first-order valence-electron chi connectivity index (χ1n) is 7.76. The van der Waals surface area contributed by atoms with E-state index in [1.165, 1.54) is 7.11 Å². The summed E-state index contributed by atoms with van der Waals surface area (Å²) in [4.78, 5) is 25.5. The molecule has 1 aliphatic rings. The molecular formula is C18H22ClNO4. The van der Waals surface area contributed by atoms with E-state index in [2.05, 4.69) is 10.8 Å². The summed E-state index contributed by atoms with van der Waals surface area (Å²) in [6.45, 7) is 6.60. The normalized spacial score (nSPS) is 14.9. The molecule has 1 heterocycles. The minimum Gasteiger partial charge on any atom is -0.465 e. The summed E-state index contributed by atoms with van der Waals surface area (Å²) in [7, 11) is 1.31. The van der Waals surface area contributed by atoms with E-state index in [1.807, 2.05) is 26.8 Å². The lowest BCUT2D eigenvalue weighted by Gasteiger charge is -2.30. The Bertz CT molecular complexity index is 676. The second kappa shape index (κ2) is 7.26. The van der Waals surface area contributed by atoms with E-state index < -0.39 is 11.6 Å². The van der Waals surface area contributed by atoms with Crippen LogP contribution in [0.15, 0.2) is 24.3 Å². The molecule has 1 aromatic carbocycles. The number of carbonyl (C=O) groups is 2. The van der Waals surface area contributed by atoms with E-state index in [0.717, 1.165) is 17.6 Å². The van der Waals surface area contributed by atoms with Crippen LogP contribution in [0.5, 0.6) is 0 Å². The highest BCUT2D eigenvalue weighted by molar-refractivity contribution is 6.33. The Balaban J connectivity index is 2.15. The van der Waals surface area contributed by atoms with Crippen molar-refractivity contribution in [2.24, 2.45) is 0 Å². The van der Waals surface area contributed by atoms with E-state index in [4.69, 9.17) is 16.3 Å². The third kappa shape index (κ3) is 4.51. The number of nitrogens with zero attached hydrogens (tertiary/aromatic N) is 1. The maximum atomic E-state index is 12.2. The van der Waals surface area contributed by atoms with Crippen molar-refractivity contribution < 1.29 is 19.1 Å². The average molecular weight is 352 g/mol. The minimum atomic E-state index is -0.524. The Morgan fingerprint density at radius 3 is 2.54 bits per heavy atom. The first-order valence-corrected chi connectivity index (χ1v) is 8.14. The molecule has 0 N–H and O–H groups in total. The number of hydrogen-bond acceptors (Lipinski definition) is 4. The zero-order chi connectivity index (χ0) is 17.9. The number of rotatable bonds is 2. The van der Waals surface area contributed by atoms with Gasteiger partial charge >= 0.3 is 12.1 Å². The molecule has 0 aromatic heterocycles. The standard InChI is InChI=1S/C18H22ClNO4/c1-18(2,3)24-17(22)20-9-5-6-13(11-20)12-7-8-14(15(19)10-12)16(21)23-4/h6-8,10H,5,9,11H2,1-4H3. The molecule has 24 heavy (non-hydrogen) atoms. The predicted molar refractivity (Wildman–Crippen MR) is 93.2 cm³/mol. The number of hydrogen-bond donors (Lipinski definition) is 0. The summed E-state index contributed by atoms with van der Waals surface area (Å²) in [5, 5.41) is 0.328. The molecule has 2 rings (SSSR count). The molecule has 1 amide bonds. The van der Waals surface area contributed by atoms with Crippen LogP contribution in [0.2, 0.25) is 5.02 Å². The number of ether oxygens (including phenoxy) is 2. The summed E-state index contributed by atoms with van der Waals surface area (Å²) in [6.07, 6.45) is 2.49. The number of esters is 1. The lowest BCUT2D eigenvalue weighted by Crippen LogP contribution is -2.39. The van der Waals surface area contributed by atoms with Gasteiger partial charge in [0.15, 0.2) is 0 Å². The van der Waals surface area contributed by atoms with Crippen LogP contribution < -0.4 is 0 Å². The second-order valence-electron chi connectivity index (χ2n) is 6.61. The highest BCUT2D eigenvalue weighted by Gasteiger charge is 2.25. The Morgan fingerprint density at radius 2 is 1.96 bits per heavy atom. The van der Waals surface area contributed by atoms with Gasteiger partial charge in [-0.3, -0.25) is 0 Å². The van der Waals surface area contributed by atoms with Gasteiger partial charge in [-0.2, -0.15) is 0 Å². The molecule has 5 nitrogen and oxygen atoms in total. The van der Waals surface area contributed by atoms with Gasteiger partial charge in [0.1, 0.15) is 5.60 Å². The molecule has 0 unspecified atom stereocenters. The molecule has 130 valence electrons. The zero-order valence-electron chi connectivity index (χ0n) is 14.4. The fraction of sp³-hybridized carbons (Fsp3) is 0.444. The number of methoxy groups -OCH3 is 1. The highest BCUT2D eigenvalue weighted by Crippen LogP contribution is 2.27. The van der Waals surface area contributed by atoms with Crippen LogP contribution in [0.4, 0.5) is 4.79 Å². The van der Waals surface area contributed by atoms with Gasteiger partial charge in [-0.15, -0.1) is 0 Å². The molecule has 0 radical (unpaired) electrons. The number of amides is 1. The Labute approximate surface area is 147 Å². The third-order valence-electron chi connectivity index (χ3n) is 3.55. The summed E-state index contributed by atoms with van der Waals surface area (Å²) < 4.78 is 10.1. The van der Waals surface area contributed by atoms with Crippen LogP contribution in [0.1, 0.15) is 43.1 Å². The van der Waals surface area contributed by atoms with Crippen molar-refractivity contribution in [1.29, 1.82) is 0 Å². The highest BCUT2D eigenvalue weighted by atomic mass is 35.5. The molecule has 0 saturated carbocycles. The lowest BCUT2D eigenvalue weighted by atomic mass is 10.00. The number of carbonyl (C=O) groups excluding carboxylic acids is 2. The molecule has 0 aliphatic carbocycles. The maximum Gasteiger partial charge on any atom is 0.410 e. The fourth-order valence-electron chi connectivity index (χ4n) is 2.43. The van der Waals surface area contributed by atoms with Crippen LogP contribution in [0, 0.1) is 0 Å².